The van der Waals surface area contributed by atoms with Crippen LogP contribution in [0.25, 0.3) is 0 Å². The maximum absolute atomic E-state index is 13.2. The number of hydrogen-bond donors (Lipinski definition) is 1. The molecule has 0 atom stereocenters. The maximum Gasteiger partial charge on any atom is 0.264 e. The Hall–Kier alpha value is -2.83. The third-order valence-corrected chi connectivity index (χ3v) is 6.41. The van der Waals surface area contributed by atoms with Crippen LogP contribution in [0, 0.1) is 0 Å². The topological polar surface area (TPSA) is 66.5 Å². The van der Waals surface area contributed by atoms with Gasteiger partial charge in [-0.1, -0.05) is 72.3 Å². The standard InChI is InChI=1S/C22H21ClN2O3S/c23-20-13-7-8-14-21(20)25(29(27,28)19-11-5-2-6-12-19)17-22(26)24-16-15-18-9-3-1-4-10-18/h1-14H,15-17H2,(H,24,26). The second-order valence-corrected chi connectivity index (χ2v) is 8.63. The van der Waals surface area contributed by atoms with E-state index in [4.69, 9.17) is 11.6 Å². The van der Waals surface area contributed by atoms with Crippen LogP contribution in [0.2, 0.25) is 5.02 Å². The molecule has 0 radical (unpaired) electrons. The number of nitrogens with zero attached hydrogens (tertiary/aromatic N) is 1. The normalized spacial score (nSPS) is 11.1. The van der Waals surface area contributed by atoms with Crippen LogP contribution in [-0.2, 0) is 21.2 Å². The van der Waals surface area contributed by atoms with Gasteiger partial charge in [0.15, 0.2) is 0 Å². The number of halogens is 1. The SMILES string of the molecule is O=C(CN(c1ccccc1Cl)S(=O)(=O)c1ccccc1)NCCc1ccccc1. The van der Waals surface area contributed by atoms with Crippen molar-refractivity contribution in [1.29, 1.82) is 0 Å². The van der Waals surface area contributed by atoms with Gasteiger partial charge in [-0.2, -0.15) is 0 Å². The van der Waals surface area contributed by atoms with Crippen molar-refractivity contribution in [2.45, 2.75) is 11.3 Å². The Labute approximate surface area is 176 Å². The Morgan fingerprint density at radius 1 is 0.862 bits per heavy atom. The van der Waals surface area contributed by atoms with Crippen molar-refractivity contribution in [3.63, 3.8) is 0 Å². The molecule has 0 aromatic heterocycles. The molecule has 3 aromatic carbocycles. The Bertz CT molecular complexity index is 1060. The van der Waals surface area contributed by atoms with E-state index in [1.807, 2.05) is 30.3 Å². The van der Waals surface area contributed by atoms with E-state index in [0.29, 0.717) is 13.0 Å². The summed E-state index contributed by atoms with van der Waals surface area (Å²) in [6, 6.07) is 24.3. The van der Waals surface area contributed by atoms with E-state index in [1.54, 1.807) is 42.5 Å². The first kappa shape index (κ1) is 20.9. The van der Waals surface area contributed by atoms with Gasteiger partial charge in [-0.3, -0.25) is 9.10 Å². The maximum atomic E-state index is 13.2. The fourth-order valence-corrected chi connectivity index (χ4v) is 4.60. The number of sulfonamides is 1. The molecule has 0 saturated carbocycles. The molecule has 0 aliphatic heterocycles. The molecule has 3 aromatic rings. The molecule has 150 valence electrons. The molecule has 1 N–H and O–H groups in total. The summed E-state index contributed by atoms with van der Waals surface area (Å²) < 4.78 is 27.5. The molecule has 1 amide bonds. The van der Waals surface area contributed by atoms with Crippen molar-refractivity contribution in [1.82, 2.24) is 5.32 Å². The summed E-state index contributed by atoms with van der Waals surface area (Å²) in [5.74, 6) is -0.402. The first-order valence-electron chi connectivity index (χ1n) is 9.11. The molecule has 0 bridgehead atoms. The molecule has 5 nitrogen and oxygen atoms in total. The lowest BCUT2D eigenvalue weighted by molar-refractivity contribution is -0.119. The fraction of sp³-hybridized carbons (Fsp3) is 0.136. The summed E-state index contributed by atoms with van der Waals surface area (Å²) in [5.41, 5.74) is 1.35. The monoisotopic (exact) mass is 428 g/mol. The predicted molar refractivity (Wildman–Crippen MR) is 116 cm³/mol. The van der Waals surface area contributed by atoms with Gasteiger partial charge in [0.25, 0.3) is 10.0 Å². The minimum absolute atomic E-state index is 0.0944. The molecule has 0 spiro atoms. The Morgan fingerprint density at radius 2 is 1.45 bits per heavy atom. The molecular weight excluding hydrogens is 408 g/mol. The number of carbonyl (C=O) groups excluding carboxylic acids is 1. The molecule has 0 aliphatic carbocycles. The van der Waals surface area contributed by atoms with Gasteiger partial charge in [-0.25, -0.2) is 8.42 Å². The number of amides is 1. The average molecular weight is 429 g/mol. The highest BCUT2D eigenvalue weighted by Crippen LogP contribution is 2.30. The largest absolute Gasteiger partial charge is 0.354 e. The number of hydrogen-bond acceptors (Lipinski definition) is 3. The van der Waals surface area contributed by atoms with Crippen LogP contribution < -0.4 is 9.62 Å². The Morgan fingerprint density at radius 3 is 2.10 bits per heavy atom. The molecule has 3 rings (SSSR count). The minimum Gasteiger partial charge on any atom is -0.354 e. The van der Waals surface area contributed by atoms with Gasteiger partial charge in [0.05, 0.1) is 15.6 Å². The molecule has 0 aliphatic rings. The number of anilines is 1. The highest BCUT2D eigenvalue weighted by atomic mass is 35.5. The third-order valence-electron chi connectivity index (χ3n) is 4.32. The van der Waals surface area contributed by atoms with E-state index in [1.165, 1.54) is 12.1 Å². The molecule has 0 unspecified atom stereocenters. The minimum atomic E-state index is -3.96. The van der Waals surface area contributed by atoms with Crippen LogP contribution in [0.5, 0.6) is 0 Å². The lowest BCUT2D eigenvalue weighted by Gasteiger charge is -2.25. The summed E-state index contributed by atoms with van der Waals surface area (Å²) in [6.45, 7) is 0.0420. The van der Waals surface area contributed by atoms with E-state index >= 15 is 0 Å². The van der Waals surface area contributed by atoms with Crippen LogP contribution in [0.3, 0.4) is 0 Å². The molecule has 29 heavy (non-hydrogen) atoms. The van der Waals surface area contributed by atoms with E-state index in [-0.39, 0.29) is 22.2 Å². The number of para-hydroxylation sites is 1. The van der Waals surface area contributed by atoms with Crippen molar-refractivity contribution >= 4 is 33.2 Å². The van der Waals surface area contributed by atoms with Crippen LogP contribution >= 0.6 is 11.6 Å². The molecule has 0 saturated heterocycles. The highest BCUT2D eigenvalue weighted by molar-refractivity contribution is 7.92. The molecular formula is C22H21ClN2O3S. The molecule has 0 fully saturated rings. The van der Waals surface area contributed by atoms with Gasteiger partial charge in [0.1, 0.15) is 6.54 Å². The highest BCUT2D eigenvalue weighted by Gasteiger charge is 2.28. The van der Waals surface area contributed by atoms with Crippen LogP contribution in [0.4, 0.5) is 5.69 Å². The van der Waals surface area contributed by atoms with Gasteiger partial charge in [0, 0.05) is 6.54 Å². The number of benzene rings is 3. The van der Waals surface area contributed by atoms with E-state index in [9.17, 15) is 13.2 Å². The second kappa shape index (κ2) is 9.58. The van der Waals surface area contributed by atoms with Crippen molar-refractivity contribution in [2.75, 3.05) is 17.4 Å². The van der Waals surface area contributed by atoms with Crippen LogP contribution in [-0.4, -0.2) is 27.4 Å². The summed E-state index contributed by atoms with van der Waals surface area (Å²) in [6.07, 6.45) is 0.657. The van der Waals surface area contributed by atoms with Crippen molar-refractivity contribution in [2.24, 2.45) is 0 Å². The quantitative estimate of drug-likeness (QED) is 0.591. The summed E-state index contributed by atoms with van der Waals surface area (Å²) in [5, 5.41) is 3.04. The van der Waals surface area contributed by atoms with Crippen LogP contribution in [0.1, 0.15) is 5.56 Å². The second-order valence-electron chi connectivity index (χ2n) is 6.36. The van der Waals surface area contributed by atoms with Gasteiger partial charge >= 0.3 is 0 Å². The lowest BCUT2D eigenvalue weighted by atomic mass is 10.1. The first-order valence-corrected chi connectivity index (χ1v) is 10.9. The lowest BCUT2D eigenvalue weighted by Crippen LogP contribution is -2.41. The smallest absolute Gasteiger partial charge is 0.264 e. The Kier molecular flexibility index (Phi) is 6.90. The average Bonchev–Trinajstić information content (AvgIpc) is 2.74. The zero-order valence-electron chi connectivity index (χ0n) is 15.7. The summed E-state index contributed by atoms with van der Waals surface area (Å²) in [7, 11) is -3.96. The van der Waals surface area contributed by atoms with Crippen molar-refractivity contribution < 1.29 is 13.2 Å². The molecule has 0 heterocycles. The fourth-order valence-electron chi connectivity index (χ4n) is 2.85. The van der Waals surface area contributed by atoms with Gasteiger partial charge < -0.3 is 5.32 Å². The Balaban J connectivity index is 1.79. The number of carbonyl (C=O) groups is 1. The summed E-state index contributed by atoms with van der Waals surface area (Å²) >= 11 is 6.24. The van der Waals surface area contributed by atoms with Gasteiger partial charge in [0.2, 0.25) is 5.91 Å². The third kappa shape index (κ3) is 5.37. The van der Waals surface area contributed by atoms with Gasteiger partial charge in [-0.15, -0.1) is 0 Å². The van der Waals surface area contributed by atoms with E-state index in [2.05, 4.69) is 5.32 Å². The zero-order valence-corrected chi connectivity index (χ0v) is 17.2. The number of rotatable bonds is 8. The zero-order chi connectivity index (χ0) is 20.7. The summed E-state index contributed by atoms with van der Waals surface area (Å²) in [4.78, 5) is 12.6. The van der Waals surface area contributed by atoms with E-state index < -0.39 is 15.9 Å². The first-order chi connectivity index (χ1) is 14.0. The van der Waals surface area contributed by atoms with Crippen LogP contribution in [0.15, 0.2) is 89.8 Å². The van der Waals surface area contributed by atoms with Crippen molar-refractivity contribution in [3.05, 3.63) is 95.5 Å². The predicted octanol–water partition coefficient (Wildman–Crippen LogP) is 3.89. The van der Waals surface area contributed by atoms with Gasteiger partial charge in [-0.05, 0) is 36.2 Å². The number of nitrogens with one attached hydrogen (secondary N) is 1. The van der Waals surface area contributed by atoms with Crippen molar-refractivity contribution in [3.8, 4) is 0 Å². The van der Waals surface area contributed by atoms with E-state index in [0.717, 1.165) is 9.87 Å². The molecule has 7 heteroatoms.